The molecule has 0 unspecified atom stereocenters. The number of nitrogens with one attached hydrogen (secondary N) is 1. The second-order valence-electron chi connectivity index (χ2n) is 7.99. The van der Waals surface area contributed by atoms with Crippen LogP contribution >= 0.6 is 0 Å². The van der Waals surface area contributed by atoms with Crippen molar-refractivity contribution in [3.05, 3.63) is 105 Å². The maximum Gasteiger partial charge on any atom is 0.329 e. The molecule has 0 saturated carbocycles. The standard InChI is InChI=1S/C26H23N3O6/c1-17-5-3-6-19(11-17)15-28-25(30)22(27-26(28)31)13-18-9-10-23(24(14-18)34-2)35-16-20-7-4-8-21(12-20)29(32)33/h3-14H,15-16H2,1-2H3,(H,27,31)/b22-13+. The second-order valence-corrected chi connectivity index (χ2v) is 7.99. The smallest absolute Gasteiger partial charge is 0.329 e. The fourth-order valence-corrected chi connectivity index (χ4v) is 3.69. The van der Waals surface area contributed by atoms with Gasteiger partial charge in [-0.1, -0.05) is 48.0 Å². The molecule has 1 aliphatic rings. The van der Waals surface area contributed by atoms with Gasteiger partial charge in [0.2, 0.25) is 0 Å². The third-order valence-electron chi connectivity index (χ3n) is 5.40. The molecule has 1 saturated heterocycles. The molecule has 9 heteroatoms. The largest absolute Gasteiger partial charge is 0.493 e. The first-order chi connectivity index (χ1) is 16.8. The Hall–Kier alpha value is -4.66. The lowest BCUT2D eigenvalue weighted by atomic mass is 10.1. The highest BCUT2D eigenvalue weighted by atomic mass is 16.6. The molecule has 1 fully saturated rings. The van der Waals surface area contributed by atoms with Gasteiger partial charge in [-0.05, 0) is 41.8 Å². The zero-order valence-corrected chi connectivity index (χ0v) is 19.2. The maximum absolute atomic E-state index is 12.8. The molecule has 3 aromatic rings. The van der Waals surface area contributed by atoms with E-state index in [1.807, 2.05) is 31.2 Å². The van der Waals surface area contributed by atoms with E-state index in [1.165, 1.54) is 19.2 Å². The molecule has 0 aromatic heterocycles. The highest BCUT2D eigenvalue weighted by molar-refractivity contribution is 6.13. The Kier molecular flexibility index (Phi) is 6.77. The summed E-state index contributed by atoms with van der Waals surface area (Å²) in [4.78, 5) is 36.9. The van der Waals surface area contributed by atoms with Crippen LogP contribution in [-0.4, -0.2) is 28.9 Å². The van der Waals surface area contributed by atoms with Crippen molar-refractivity contribution in [3.63, 3.8) is 0 Å². The Morgan fingerprint density at radius 2 is 1.77 bits per heavy atom. The molecule has 1 heterocycles. The maximum atomic E-state index is 12.8. The van der Waals surface area contributed by atoms with Crippen LogP contribution < -0.4 is 14.8 Å². The molecule has 35 heavy (non-hydrogen) atoms. The Labute approximate surface area is 201 Å². The first-order valence-electron chi connectivity index (χ1n) is 10.8. The molecule has 0 bridgehead atoms. The van der Waals surface area contributed by atoms with Gasteiger partial charge < -0.3 is 14.8 Å². The predicted molar refractivity (Wildman–Crippen MR) is 129 cm³/mol. The van der Waals surface area contributed by atoms with Crippen LogP contribution in [-0.2, 0) is 17.9 Å². The number of non-ortho nitro benzene ring substituents is 1. The summed E-state index contributed by atoms with van der Waals surface area (Å²) in [7, 11) is 1.48. The van der Waals surface area contributed by atoms with Crippen molar-refractivity contribution < 1.29 is 24.0 Å². The molecule has 0 atom stereocenters. The van der Waals surface area contributed by atoms with E-state index >= 15 is 0 Å². The van der Waals surface area contributed by atoms with Gasteiger partial charge in [0.1, 0.15) is 12.3 Å². The van der Waals surface area contributed by atoms with Crippen molar-refractivity contribution in [2.24, 2.45) is 0 Å². The van der Waals surface area contributed by atoms with Crippen LogP contribution in [0, 0.1) is 17.0 Å². The molecule has 4 rings (SSSR count). The number of imide groups is 1. The number of rotatable bonds is 8. The lowest BCUT2D eigenvalue weighted by molar-refractivity contribution is -0.384. The van der Waals surface area contributed by atoms with E-state index in [9.17, 15) is 19.7 Å². The van der Waals surface area contributed by atoms with Crippen molar-refractivity contribution in [1.29, 1.82) is 0 Å². The molecular formula is C26H23N3O6. The summed E-state index contributed by atoms with van der Waals surface area (Å²) < 4.78 is 11.2. The highest BCUT2D eigenvalue weighted by Crippen LogP contribution is 2.30. The summed E-state index contributed by atoms with van der Waals surface area (Å²) in [6.07, 6.45) is 1.57. The van der Waals surface area contributed by atoms with Gasteiger partial charge in [-0.15, -0.1) is 0 Å². The molecule has 0 aliphatic carbocycles. The van der Waals surface area contributed by atoms with Gasteiger partial charge in [0.15, 0.2) is 11.5 Å². The third kappa shape index (κ3) is 5.47. The van der Waals surface area contributed by atoms with E-state index in [0.29, 0.717) is 22.6 Å². The fraction of sp³-hybridized carbons (Fsp3) is 0.154. The van der Waals surface area contributed by atoms with E-state index in [0.717, 1.165) is 16.0 Å². The number of benzene rings is 3. The Morgan fingerprint density at radius 3 is 2.51 bits per heavy atom. The minimum absolute atomic E-state index is 0.0141. The molecule has 3 amide bonds. The summed E-state index contributed by atoms with van der Waals surface area (Å²) in [5.74, 6) is 0.434. The lowest BCUT2D eigenvalue weighted by Crippen LogP contribution is -2.30. The third-order valence-corrected chi connectivity index (χ3v) is 5.40. The number of ether oxygens (including phenoxy) is 2. The van der Waals surface area contributed by atoms with E-state index in [4.69, 9.17) is 9.47 Å². The van der Waals surface area contributed by atoms with Gasteiger partial charge in [-0.25, -0.2) is 4.79 Å². The molecule has 0 spiro atoms. The number of hydrogen-bond donors (Lipinski definition) is 1. The predicted octanol–water partition coefficient (Wildman–Crippen LogP) is 4.58. The average Bonchev–Trinajstić information content (AvgIpc) is 3.10. The molecule has 178 valence electrons. The van der Waals surface area contributed by atoms with Crippen molar-refractivity contribution in [2.45, 2.75) is 20.1 Å². The van der Waals surface area contributed by atoms with Gasteiger partial charge >= 0.3 is 6.03 Å². The first-order valence-corrected chi connectivity index (χ1v) is 10.8. The number of carbonyl (C=O) groups excluding carboxylic acids is 2. The number of carbonyl (C=O) groups is 2. The van der Waals surface area contributed by atoms with Crippen LogP contribution in [0.5, 0.6) is 11.5 Å². The summed E-state index contributed by atoms with van der Waals surface area (Å²) in [5.41, 5.74) is 3.33. The summed E-state index contributed by atoms with van der Waals surface area (Å²) in [5, 5.41) is 13.6. The van der Waals surface area contributed by atoms with Crippen molar-refractivity contribution in [1.82, 2.24) is 10.2 Å². The number of methoxy groups -OCH3 is 1. The topological polar surface area (TPSA) is 111 Å². The van der Waals surface area contributed by atoms with Gasteiger partial charge in [0, 0.05) is 12.1 Å². The number of nitrogens with zero attached hydrogens (tertiary/aromatic N) is 2. The zero-order chi connectivity index (χ0) is 24.9. The number of nitro groups is 1. The van der Waals surface area contributed by atoms with Crippen LogP contribution in [0.15, 0.2) is 72.4 Å². The second kappa shape index (κ2) is 10.1. The monoisotopic (exact) mass is 473 g/mol. The van der Waals surface area contributed by atoms with E-state index in [2.05, 4.69) is 5.32 Å². The fourth-order valence-electron chi connectivity index (χ4n) is 3.69. The lowest BCUT2D eigenvalue weighted by Gasteiger charge is -2.12. The summed E-state index contributed by atoms with van der Waals surface area (Å²) in [6, 6.07) is 18.4. The molecule has 1 N–H and O–H groups in total. The van der Waals surface area contributed by atoms with Crippen LogP contribution in [0.4, 0.5) is 10.5 Å². The molecule has 3 aromatic carbocycles. The molecule has 1 aliphatic heterocycles. The normalized spacial score (nSPS) is 14.2. The Morgan fingerprint density at radius 1 is 1.00 bits per heavy atom. The van der Waals surface area contributed by atoms with Crippen molar-refractivity contribution >= 4 is 23.7 Å². The number of hydrogen-bond acceptors (Lipinski definition) is 6. The zero-order valence-electron chi connectivity index (χ0n) is 19.2. The van der Waals surface area contributed by atoms with Crippen molar-refractivity contribution in [3.8, 4) is 11.5 Å². The van der Waals surface area contributed by atoms with E-state index < -0.39 is 16.9 Å². The number of urea groups is 1. The number of amides is 3. The summed E-state index contributed by atoms with van der Waals surface area (Å²) >= 11 is 0. The van der Waals surface area contributed by atoms with E-state index in [1.54, 1.807) is 36.4 Å². The highest BCUT2D eigenvalue weighted by Gasteiger charge is 2.33. The van der Waals surface area contributed by atoms with Crippen LogP contribution in [0.3, 0.4) is 0 Å². The van der Waals surface area contributed by atoms with Crippen LogP contribution in [0.2, 0.25) is 0 Å². The van der Waals surface area contributed by atoms with Crippen LogP contribution in [0.1, 0.15) is 22.3 Å². The first kappa shape index (κ1) is 23.5. The van der Waals surface area contributed by atoms with Gasteiger partial charge in [0.05, 0.1) is 18.6 Å². The molecular weight excluding hydrogens is 450 g/mol. The quantitative estimate of drug-likeness (QED) is 0.222. The number of nitro benzene ring substituents is 1. The van der Waals surface area contributed by atoms with Crippen molar-refractivity contribution in [2.75, 3.05) is 7.11 Å². The SMILES string of the molecule is COc1cc(/C=C2/NC(=O)N(Cc3cccc(C)c3)C2=O)ccc1OCc1cccc([N+](=O)[O-])c1. The van der Waals surface area contributed by atoms with Gasteiger partial charge in [0.25, 0.3) is 11.6 Å². The molecule has 9 nitrogen and oxygen atoms in total. The Bertz CT molecular complexity index is 1330. The van der Waals surface area contributed by atoms with Crippen LogP contribution in [0.25, 0.3) is 6.08 Å². The molecule has 0 radical (unpaired) electrons. The van der Waals surface area contributed by atoms with Gasteiger partial charge in [-0.2, -0.15) is 0 Å². The average molecular weight is 473 g/mol. The summed E-state index contributed by atoms with van der Waals surface area (Å²) in [6.45, 7) is 2.24. The van der Waals surface area contributed by atoms with Gasteiger partial charge in [-0.3, -0.25) is 19.8 Å². The minimum Gasteiger partial charge on any atom is -0.493 e. The minimum atomic E-state index is -0.480. The van der Waals surface area contributed by atoms with E-state index in [-0.39, 0.29) is 24.5 Å². The Balaban J connectivity index is 1.48. The number of aryl methyl sites for hydroxylation is 1.